The van der Waals surface area contributed by atoms with Gasteiger partial charge in [-0.2, -0.15) is 0 Å². The minimum atomic E-state index is -0.554. The lowest BCUT2D eigenvalue weighted by molar-refractivity contribution is -0.383. The van der Waals surface area contributed by atoms with Crippen molar-refractivity contribution in [2.45, 2.75) is 0 Å². The molecule has 0 unspecified atom stereocenters. The minimum Gasteiger partial charge on any atom is -0.363 e. The maximum atomic E-state index is 11.7. The van der Waals surface area contributed by atoms with E-state index in [0.717, 1.165) is 0 Å². The molecule has 0 spiro atoms. The third-order valence-corrected chi connectivity index (χ3v) is 2.85. The molecule has 1 heterocycles. The Balaban J connectivity index is 2.41. The first kappa shape index (κ1) is 13.7. The molecule has 9 heteroatoms. The van der Waals surface area contributed by atoms with Crippen molar-refractivity contribution >= 4 is 28.3 Å². The summed E-state index contributed by atoms with van der Waals surface area (Å²) in [6.45, 7) is 0.118. The number of nitro benzene ring substituents is 1. The van der Waals surface area contributed by atoms with E-state index in [4.69, 9.17) is 0 Å². The SMILES string of the molecule is CN(C)C(=O)CN(C)c1ccc([N+](=O)[O-])c2nonc12. The molecule has 1 aromatic heterocycles. The average Bonchev–Trinajstić information content (AvgIpc) is 2.85. The summed E-state index contributed by atoms with van der Waals surface area (Å²) >= 11 is 0. The van der Waals surface area contributed by atoms with Gasteiger partial charge in [-0.05, 0) is 16.4 Å². The van der Waals surface area contributed by atoms with Crippen molar-refractivity contribution in [3.63, 3.8) is 0 Å². The molecule has 2 aromatic rings. The van der Waals surface area contributed by atoms with E-state index in [2.05, 4.69) is 14.9 Å². The van der Waals surface area contributed by atoms with Crippen molar-refractivity contribution in [1.82, 2.24) is 15.2 Å². The van der Waals surface area contributed by atoms with E-state index in [0.29, 0.717) is 5.69 Å². The number of likely N-dealkylation sites (N-methyl/N-ethyl adjacent to an activating group) is 2. The highest BCUT2D eigenvalue weighted by molar-refractivity contribution is 5.95. The van der Waals surface area contributed by atoms with Gasteiger partial charge in [-0.1, -0.05) is 0 Å². The summed E-state index contributed by atoms with van der Waals surface area (Å²) in [5.41, 5.74) is 0.685. The zero-order valence-electron chi connectivity index (χ0n) is 11.2. The Morgan fingerprint density at radius 2 is 1.95 bits per heavy atom. The molecule has 0 bridgehead atoms. The summed E-state index contributed by atoms with van der Waals surface area (Å²) in [5, 5.41) is 18.1. The monoisotopic (exact) mass is 279 g/mol. The summed E-state index contributed by atoms with van der Waals surface area (Å²) < 4.78 is 4.57. The van der Waals surface area contributed by atoms with Crippen molar-refractivity contribution in [3.8, 4) is 0 Å². The Kier molecular flexibility index (Phi) is 3.51. The van der Waals surface area contributed by atoms with Crippen LogP contribution in [0.25, 0.3) is 11.0 Å². The summed E-state index contributed by atoms with van der Waals surface area (Å²) in [4.78, 5) is 25.1. The number of non-ortho nitro benzene ring substituents is 1. The van der Waals surface area contributed by atoms with Crippen LogP contribution in [0.5, 0.6) is 0 Å². The van der Waals surface area contributed by atoms with Gasteiger partial charge in [0.2, 0.25) is 11.4 Å². The normalized spacial score (nSPS) is 10.6. The molecule has 0 atom stereocenters. The molecule has 0 radical (unpaired) electrons. The van der Waals surface area contributed by atoms with Crippen LogP contribution < -0.4 is 4.90 Å². The minimum absolute atomic E-state index is 0.0663. The van der Waals surface area contributed by atoms with Crippen LogP contribution in [0.15, 0.2) is 16.8 Å². The van der Waals surface area contributed by atoms with Crippen LogP contribution in [0.1, 0.15) is 0 Å². The maximum absolute atomic E-state index is 11.7. The van der Waals surface area contributed by atoms with Gasteiger partial charge in [-0.3, -0.25) is 14.9 Å². The van der Waals surface area contributed by atoms with Crippen LogP contribution in [0.3, 0.4) is 0 Å². The van der Waals surface area contributed by atoms with Gasteiger partial charge in [0.25, 0.3) is 0 Å². The fourth-order valence-corrected chi connectivity index (χ4v) is 1.73. The van der Waals surface area contributed by atoms with E-state index in [1.165, 1.54) is 17.0 Å². The van der Waals surface area contributed by atoms with Crippen molar-refractivity contribution < 1.29 is 14.3 Å². The van der Waals surface area contributed by atoms with Gasteiger partial charge < -0.3 is 9.80 Å². The fraction of sp³-hybridized carbons (Fsp3) is 0.364. The molecular formula is C11H13N5O4. The fourth-order valence-electron chi connectivity index (χ4n) is 1.73. The summed E-state index contributed by atoms with van der Waals surface area (Å²) in [6, 6.07) is 2.84. The van der Waals surface area contributed by atoms with Gasteiger partial charge >= 0.3 is 5.69 Å². The number of carbonyl (C=O) groups is 1. The first-order chi connectivity index (χ1) is 9.41. The van der Waals surface area contributed by atoms with E-state index in [1.807, 2.05) is 0 Å². The summed E-state index contributed by atoms with van der Waals surface area (Å²) in [7, 11) is 5.00. The highest BCUT2D eigenvalue weighted by Gasteiger charge is 2.22. The van der Waals surface area contributed by atoms with Gasteiger partial charge in [0.15, 0.2) is 5.52 Å². The molecule has 9 nitrogen and oxygen atoms in total. The lowest BCUT2D eigenvalue weighted by Crippen LogP contribution is -2.34. The molecule has 0 saturated heterocycles. The second kappa shape index (κ2) is 5.11. The third-order valence-electron chi connectivity index (χ3n) is 2.85. The van der Waals surface area contributed by atoms with Crippen molar-refractivity contribution in [1.29, 1.82) is 0 Å². The Bertz CT molecular complexity index is 666. The standard InChI is InChI=1S/C11H13N5O4/c1-14(2)9(17)6-15(3)7-4-5-8(16(18)19)11-10(7)12-20-13-11/h4-5H,6H2,1-3H3. The molecule has 20 heavy (non-hydrogen) atoms. The lowest BCUT2D eigenvalue weighted by atomic mass is 10.2. The number of hydrogen-bond acceptors (Lipinski definition) is 7. The Morgan fingerprint density at radius 3 is 2.55 bits per heavy atom. The molecule has 106 valence electrons. The number of aromatic nitrogens is 2. The molecular weight excluding hydrogens is 266 g/mol. The number of rotatable bonds is 4. The van der Waals surface area contributed by atoms with Gasteiger partial charge in [-0.15, -0.1) is 0 Å². The van der Waals surface area contributed by atoms with E-state index in [-0.39, 0.29) is 29.2 Å². The average molecular weight is 279 g/mol. The molecule has 1 aromatic carbocycles. The van der Waals surface area contributed by atoms with Crippen LogP contribution in [0.2, 0.25) is 0 Å². The molecule has 1 amide bonds. The first-order valence-corrected chi connectivity index (χ1v) is 5.72. The Labute approximate surface area is 113 Å². The molecule has 0 aliphatic heterocycles. The highest BCUT2D eigenvalue weighted by atomic mass is 16.6. The number of hydrogen-bond donors (Lipinski definition) is 0. The van der Waals surface area contributed by atoms with Crippen molar-refractivity contribution in [2.75, 3.05) is 32.6 Å². The Morgan fingerprint density at radius 1 is 1.30 bits per heavy atom. The summed E-state index contributed by atoms with van der Waals surface area (Å²) in [6.07, 6.45) is 0. The van der Waals surface area contributed by atoms with Crippen LogP contribution in [-0.2, 0) is 4.79 Å². The van der Waals surface area contributed by atoms with Crippen LogP contribution in [0, 0.1) is 10.1 Å². The quantitative estimate of drug-likeness (QED) is 0.597. The second-order valence-electron chi connectivity index (χ2n) is 4.47. The number of nitro groups is 1. The van der Waals surface area contributed by atoms with Gasteiger partial charge in [0, 0.05) is 27.2 Å². The maximum Gasteiger partial charge on any atom is 0.300 e. The van der Waals surface area contributed by atoms with Gasteiger partial charge in [-0.25, -0.2) is 4.63 Å². The number of carbonyl (C=O) groups excluding carboxylic acids is 1. The Hall–Kier alpha value is -2.71. The molecule has 0 saturated carbocycles. The zero-order valence-corrected chi connectivity index (χ0v) is 11.2. The van der Waals surface area contributed by atoms with Crippen molar-refractivity contribution in [3.05, 3.63) is 22.2 Å². The lowest BCUT2D eigenvalue weighted by Gasteiger charge is -2.20. The molecule has 0 fully saturated rings. The predicted molar refractivity (Wildman–Crippen MR) is 70.4 cm³/mol. The number of nitrogens with zero attached hydrogens (tertiary/aromatic N) is 5. The van der Waals surface area contributed by atoms with Crippen LogP contribution in [0.4, 0.5) is 11.4 Å². The number of fused-ring (bicyclic) bond motifs is 1. The summed E-state index contributed by atoms with van der Waals surface area (Å²) in [5.74, 6) is -0.101. The zero-order chi connectivity index (χ0) is 14.9. The molecule has 0 aliphatic carbocycles. The molecule has 0 aliphatic rings. The third kappa shape index (κ3) is 2.37. The smallest absolute Gasteiger partial charge is 0.300 e. The van der Waals surface area contributed by atoms with E-state index in [1.54, 1.807) is 26.0 Å². The number of benzene rings is 1. The number of amides is 1. The van der Waals surface area contributed by atoms with Crippen LogP contribution in [-0.4, -0.2) is 53.7 Å². The van der Waals surface area contributed by atoms with E-state index >= 15 is 0 Å². The van der Waals surface area contributed by atoms with Crippen molar-refractivity contribution in [2.24, 2.45) is 0 Å². The predicted octanol–water partition coefficient (Wildman–Crippen LogP) is 0.655. The van der Waals surface area contributed by atoms with Gasteiger partial charge in [0.05, 0.1) is 17.2 Å². The number of anilines is 1. The van der Waals surface area contributed by atoms with Crippen LogP contribution >= 0.6 is 0 Å². The second-order valence-corrected chi connectivity index (χ2v) is 4.47. The topological polar surface area (TPSA) is 106 Å². The van der Waals surface area contributed by atoms with Gasteiger partial charge in [0.1, 0.15) is 0 Å². The van der Waals surface area contributed by atoms with E-state index < -0.39 is 4.92 Å². The first-order valence-electron chi connectivity index (χ1n) is 5.72. The highest BCUT2D eigenvalue weighted by Crippen LogP contribution is 2.30. The largest absolute Gasteiger partial charge is 0.363 e. The molecule has 0 N–H and O–H groups in total. The van der Waals surface area contributed by atoms with E-state index in [9.17, 15) is 14.9 Å². The molecule has 2 rings (SSSR count).